The van der Waals surface area contributed by atoms with Crippen LogP contribution in [0, 0.1) is 16.0 Å². The van der Waals surface area contributed by atoms with Crippen LogP contribution in [0.4, 0.5) is 11.4 Å². The number of benzene rings is 1. The number of nitrogens with one attached hydrogen (secondary N) is 1. The number of nitrogens with zero attached hydrogens (tertiary/aromatic N) is 3. The monoisotopic (exact) mass is 288 g/mol. The maximum atomic E-state index is 11.7. The first-order valence-electron chi connectivity index (χ1n) is 6.93. The Morgan fingerprint density at radius 1 is 1.48 bits per heavy atom. The third-order valence-corrected chi connectivity index (χ3v) is 4.10. The summed E-state index contributed by atoms with van der Waals surface area (Å²) in [6.07, 6.45) is 4.88. The number of rotatable bonds is 4. The molecule has 0 unspecified atom stereocenters. The number of nitro benzene ring substituents is 1. The van der Waals surface area contributed by atoms with Gasteiger partial charge in [0.1, 0.15) is 5.69 Å². The van der Waals surface area contributed by atoms with Gasteiger partial charge in [-0.05, 0) is 24.8 Å². The number of nitro groups is 1. The molecular formula is C14H16N4O3. The summed E-state index contributed by atoms with van der Waals surface area (Å²) < 4.78 is 0. The van der Waals surface area contributed by atoms with Crippen molar-refractivity contribution in [1.82, 2.24) is 9.97 Å². The minimum atomic E-state index is -0.446. The summed E-state index contributed by atoms with van der Waals surface area (Å²) in [5.74, 6) is 0.595. The van der Waals surface area contributed by atoms with Gasteiger partial charge in [-0.1, -0.05) is 6.42 Å². The predicted molar refractivity (Wildman–Crippen MR) is 79.6 cm³/mol. The Labute approximate surface area is 120 Å². The summed E-state index contributed by atoms with van der Waals surface area (Å²) in [4.78, 5) is 31.0. The zero-order valence-electron chi connectivity index (χ0n) is 11.7. The van der Waals surface area contributed by atoms with Crippen LogP contribution in [0.25, 0.3) is 10.9 Å². The van der Waals surface area contributed by atoms with Gasteiger partial charge in [-0.3, -0.25) is 14.9 Å². The van der Waals surface area contributed by atoms with Gasteiger partial charge in [0.05, 0.1) is 22.2 Å². The van der Waals surface area contributed by atoms with Crippen molar-refractivity contribution in [3.8, 4) is 0 Å². The fraction of sp³-hybridized carbons (Fsp3) is 0.429. The normalized spacial score (nSPS) is 14.9. The van der Waals surface area contributed by atoms with Crippen LogP contribution >= 0.6 is 0 Å². The molecule has 0 radical (unpaired) electrons. The van der Waals surface area contributed by atoms with E-state index in [1.807, 2.05) is 11.9 Å². The maximum Gasteiger partial charge on any atom is 0.293 e. The van der Waals surface area contributed by atoms with Crippen molar-refractivity contribution in [1.29, 1.82) is 0 Å². The van der Waals surface area contributed by atoms with Gasteiger partial charge in [-0.2, -0.15) is 0 Å². The number of anilines is 1. The predicted octanol–water partition coefficient (Wildman–Crippen LogP) is 2.07. The van der Waals surface area contributed by atoms with Crippen LogP contribution in [0.3, 0.4) is 0 Å². The summed E-state index contributed by atoms with van der Waals surface area (Å²) in [5, 5.41) is 11.5. The Kier molecular flexibility index (Phi) is 3.32. The van der Waals surface area contributed by atoms with E-state index in [1.165, 1.54) is 31.7 Å². The first kappa shape index (κ1) is 13.5. The SMILES string of the molecule is CN(CC1CCC1)c1cc2nc[nH]c(=O)c2cc1[N+](=O)[O-]. The molecule has 1 aromatic heterocycles. The third-order valence-electron chi connectivity index (χ3n) is 4.10. The zero-order chi connectivity index (χ0) is 15.0. The van der Waals surface area contributed by atoms with E-state index in [0.717, 1.165) is 6.54 Å². The first-order chi connectivity index (χ1) is 10.1. The lowest BCUT2D eigenvalue weighted by molar-refractivity contribution is -0.384. The summed E-state index contributed by atoms with van der Waals surface area (Å²) in [7, 11) is 1.85. The van der Waals surface area contributed by atoms with Crippen molar-refractivity contribution in [3.63, 3.8) is 0 Å². The lowest BCUT2D eigenvalue weighted by Gasteiger charge is -2.31. The highest BCUT2D eigenvalue weighted by molar-refractivity contribution is 5.86. The first-order valence-corrected chi connectivity index (χ1v) is 6.93. The van der Waals surface area contributed by atoms with Crippen molar-refractivity contribution in [2.75, 3.05) is 18.5 Å². The topological polar surface area (TPSA) is 92.1 Å². The van der Waals surface area contributed by atoms with Crippen LogP contribution < -0.4 is 10.5 Å². The molecule has 1 saturated carbocycles. The Bertz CT molecular complexity index is 751. The fourth-order valence-electron chi connectivity index (χ4n) is 2.71. The van der Waals surface area contributed by atoms with E-state index >= 15 is 0 Å². The van der Waals surface area contributed by atoms with Crippen LogP contribution in [0.1, 0.15) is 19.3 Å². The fourth-order valence-corrected chi connectivity index (χ4v) is 2.71. The molecule has 0 bridgehead atoms. The average molecular weight is 288 g/mol. The number of hydrogen-bond acceptors (Lipinski definition) is 5. The number of fused-ring (bicyclic) bond motifs is 1. The molecule has 1 heterocycles. The van der Waals surface area contributed by atoms with E-state index < -0.39 is 4.92 Å². The van der Waals surface area contributed by atoms with E-state index in [1.54, 1.807) is 6.07 Å². The standard InChI is InChI=1S/C14H16N4O3/c1-17(7-9-3-2-4-9)12-6-11-10(5-13(12)18(20)21)14(19)16-8-15-11/h5-6,8-9H,2-4,7H2,1H3,(H,15,16,19). The summed E-state index contributed by atoms with van der Waals surface area (Å²) in [6.45, 7) is 0.787. The number of aromatic nitrogens is 2. The molecule has 1 N–H and O–H groups in total. The molecule has 1 fully saturated rings. The Morgan fingerprint density at radius 2 is 2.24 bits per heavy atom. The van der Waals surface area contributed by atoms with E-state index in [9.17, 15) is 14.9 Å². The minimum absolute atomic E-state index is 0.0529. The van der Waals surface area contributed by atoms with Crippen LogP contribution in [0.15, 0.2) is 23.3 Å². The van der Waals surface area contributed by atoms with Crippen LogP contribution in [0.2, 0.25) is 0 Å². The van der Waals surface area contributed by atoms with Gasteiger partial charge in [-0.25, -0.2) is 4.98 Å². The van der Waals surface area contributed by atoms with Gasteiger partial charge in [0.15, 0.2) is 0 Å². The maximum absolute atomic E-state index is 11.7. The van der Waals surface area contributed by atoms with Crippen LogP contribution in [-0.4, -0.2) is 28.5 Å². The van der Waals surface area contributed by atoms with Crippen molar-refractivity contribution in [2.24, 2.45) is 5.92 Å². The summed E-state index contributed by atoms with van der Waals surface area (Å²) in [6, 6.07) is 2.94. The lowest BCUT2D eigenvalue weighted by atomic mass is 9.85. The van der Waals surface area contributed by atoms with Crippen LogP contribution in [-0.2, 0) is 0 Å². The van der Waals surface area contributed by atoms with E-state index in [2.05, 4.69) is 9.97 Å². The minimum Gasteiger partial charge on any atom is -0.369 e. The van der Waals surface area contributed by atoms with Crippen molar-refractivity contribution < 1.29 is 4.92 Å². The summed E-state index contributed by atoms with van der Waals surface area (Å²) in [5.41, 5.74) is 0.566. The largest absolute Gasteiger partial charge is 0.369 e. The smallest absolute Gasteiger partial charge is 0.293 e. The van der Waals surface area contributed by atoms with Gasteiger partial charge in [-0.15, -0.1) is 0 Å². The van der Waals surface area contributed by atoms with E-state index in [-0.39, 0.29) is 16.6 Å². The molecule has 7 heteroatoms. The van der Waals surface area contributed by atoms with Gasteiger partial charge in [0, 0.05) is 19.7 Å². The summed E-state index contributed by atoms with van der Waals surface area (Å²) >= 11 is 0. The molecule has 0 amide bonds. The second-order valence-electron chi connectivity index (χ2n) is 5.52. The molecule has 0 aliphatic heterocycles. The lowest BCUT2D eigenvalue weighted by Crippen LogP contribution is -2.29. The second kappa shape index (κ2) is 5.16. The second-order valence-corrected chi connectivity index (χ2v) is 5.52. The van der Waals surface area contributed by atoms with E-state index in [4.69, 9.17) is 0 Å². The highest BCUT2D eigenvalue weighted by Crippen LogP contribution is 2.33. The molecular weight excluding hydrogens is 272 g/mol. The number of H-pyrrole nitrogens is 1. The van der Waals surface area contributed by atoms with Crippen LogP contribution in [0.5, 0.6) is 0 Å². The number of hydrogen-bond donors (Lipinski definition) is 1. The molecule has 1 aromatic carbocycles. The van der Waals surface area contributed by atoms with Crippen molar-refractivity contribution >= 4 is 22.3 Å². The molecule has 2 aromatic rings. The van der Waals surface area contributed by atoms with Gasteiger partial charge < -0.3 is 9.88 Å². The highest BCUT2D eigenvalue weighted by atomic mass is 16.6. The zero-order valence-corrected chi connectivity index (χ0v) is 11.7. The molecule has 110 valence electrons. The van der Waals surface area contributed by atoms with Crippen molar-refractivity contribution in [3.05, 3.63) is 38.9 Å². The van der Waals surface area contributed by atoms with Gasteiger partial charge in [0.2, 0.25) is 0 Å². The molecule has 7 nitrogen and oxygen atoms in total. The Hall–Kier alpha value is -2.44. The molecule has 1 aliphatic rings. The van der Waals surface area contributed by atoms with Gasteiger partial charge >= 0.3 is 0 Å². The third kappa shape index (κ3) is 2.46. The number of aromatic amines is 1. The Morgan fingerprint density at radius 3 is 2.86 bits per heavy atom. The Balaban J connectivity index is 2.08. The van der Waals surface area contributed by atoms with Gasteiger partial charge in [0.25, 0.3) is 11.2 Å². The van der Waals surface area contributed by atoms with Crippen molar-refractivity contribution in [2.45, 2.75) is 19.3 Å². The molecule has 0 saturated heterocycles. The molecule has 21 heavy (non-hydrogen) atoms. The highest BCUT2D eigenvalue weighted by Gasteiger charge is 2.24. The van der Waals surface area contributed by atoms with E-state index in [0.29, 0.717) is 17.1 Å². The molecule has 0 atom stereocenters. The molecule has 0 spiro atoms. The average Bonchev–Trinajstić information content (AvgIpc) is 2.41. The molecule has 1 aliphatic carbocycles. The quantitative estimate of drug-likeness (QED) is 0.686. The molecule has 3 rings (SSSR count).